The number of hydrogen-bond acceptors (Lipinski definition) is 2. The standard InChI is InChI=1S/C21H26OS/c1-20(2,3)17-11-7-15(8-12-17)19(22)16-9-13-18(14-10-16)23-21(4,5)6/h7-14H,1-6H3. The van der Waals surface area contributed by atoms with E-state index in [-0.39, 0.29) is 15.9 Å². The van der Waals surface area contributed by atoms with Crippen molar-refractivity contribution in [3.05, 3.63) is 65.2 Å². The van der Waals surface area contributed by atoms with Gasteiger partial charge in [-0.3, -0.25) is 4.79 Å². The molecule has 0 aliphatic rings. The molecule has 0 atom stereocenters. The fourth-order valence-corrected chi connectivity index (χ4v) is 3.30. The lowest BCUT2D eigenvalue weighted by molar-refractivity contribution is 0.103. The van der Waals surface area contributed by atoms with E-state index in [4.69, 9.17) is 0 Å². The summed E-state index contributed by atoms with van der Waals surface area (Å²) in [5.41, 5.74) is 2.83. The van der Waals surface area contributed by atoms with Gasteiger partial charge in [0.1, 0.15) is 0 Å². The van der Waals surface area contributed by atoms with Crippen molar-refractivity contribution in [1.82, 2.24) is 0 Å². The molecule has 0 N–H and O–H groups in total. The minimum absolute atomic E-state index is 0.0813. The first-order valence-electron chi connectivity index (χ1n) is 8.01. The summed E-state index contributed by atoms with van der Waals surface area (Å²) in [6, 6.07) is 15.9. The van der Waals surface area contributed by atoms with Gasteiger partial charge in [0.15, 0.2) is 5.78 Å². The van der Waals surface area contributed by atoms with E-state index in [0.29, 0.717) is 0 Å². The molecule has 0 aromatic heterocycles. The highest BCUT2D eigenvalue weighted by atomic mass is 32.2. The number of hydrogen-bond donors (Lipinski definition) is 0. The lowest BCUT2D eigenvalue weighted by Gasteiger charge is -2.19. The number of thioether (sulfide) groups is 1. The molecule has 0 aliphatic carbocycles. The van der Waals surface area contributed by atoms with Crippen LogP contribution in [0.15, 0.2) is 53.4 Å². The van der Waals surface area contributed by atoms with Crippen LogP contribution in [0.4, 0.5) is 0 Å². The van der Waals surface area contributed by atoms with Gasteiger partial charge in [-0.05, 0) is 35.2 Å². The van der Waals surface area contributed by atoms with Crippen LogP contribution in [-0.4, -0.2) is 10.5 Å². The van der Waals surface area contributed by atoms with E-state index >= 15 is 0 Å². The molecule has 0 bridgehead atoms. The van der Waals surface area contributed by atoms with Crippen molar-refractivity contribution >= 4 is 17.5 Å². The molecule has 0 aliphatic heterocycles. The molecule has 0 heterocycles. The van der Waals surface area contributed by atoms with Crippen molar-refractivity contribution < 1.29 is 4.79 Å². The largest absolute Gasteiger partial charge is 0.289 e. The molecule has 2 aromatic rings. The predicted molar refractivity (Wildman–Crippen MR) is 101 cm³/mol. The first-order valence-corrected chi connectivity index (χ1v) is 8.82. The Morgan fingerprint density at radius 1 is 0.739 bits per heavy atom. The molecule has 2 heteroatoms. The summed E-state index contributed by atoms with van der Waals surface area (Å²) in [5.74, 6) is 0.0813. The number of carbonyl (C=O) groups is 1. The van der Waals surface area contributed by atoms with E-state index in [1.54, 1.807) is 0 Å². The minimum Gasteiger partial charge on any atom is -0.289 e. The van der Waals surface area contributed by atoms with E-state index in [1.165, 1.54) is 10.5 Å². The highest BCUT2D eigenvalue weighted by Crippen LogP contribution is 2.32. The number of carbonyl (C=O) groups excluding carboxylic acids is 1. The van der Waals surface area contributed by atoms with Crippen molar-refractivity contribution in [2.45, 2.75) is 56.6 Å². The van der Waals surface area contributed by atoms with E-state index in [1.807, 2.05) is 48.2 Å². The zero-order valence-electron chi connectivity index (χ0n) is 14.9. The molecule has 0 radical (unpaired) electrons. The van der Waals surface area contributed by atoms with E-state index in [9.17, 15) is 4.79 Å². The van der Waals surface area contributed by atoms with Crippen LogP contribution in [0.2, 0.25) is 0 Å². The van der Waals surface area contributed by atoms with Gasteiger partial charge in [0.25, 0.3) is 0 Å². The monoisotopic (exact) mass is 326 g/mol. The van der Waals surface area contributed by atoms with Crippen molar-refractivity contribution in [3.63, 3.8) is 0 Å². The van der Waals surface area contributed by atoms with Crippen LogP contribution in [0.5, 0.6) is 0 Å². The van der Waals surface area contributed by atoms with Crippen LogP contribution < -0.4 is 0 Å². The third-order valence-corrected chi connectivity index (χ3v) is 4.67. The van der Waals surface area contributed by atoms with Crippen molar-refractivity contribution in [3.8, 4) is 0 Å². The summed E-state index contributed by atoms with van der Waals surface area (Å²) >= 11 is 1.81. The zero-order valence-corrected chi connectivity index (χ0v) is 15.8. The Kier molecular flexibility index (Phi) is 5.05. The Morgan fingerprint density at radius 3 is 1.57 bits per heavy atom. The normalized spacial score (nSPS) is 12.3. The van der Waals surface area contributed by atoms with Crippen LogP contribution >= 0.6 is 11.8 Å². The summed E-state index contributed by atoms with van der Waals surface area (Å²) in [6.45, 7) is 13.1. The molecule has 23 heavy (non-hydrogen) atoms. The van der Waals surface area contributed by atoms with Gasteiger partial charge >= 0.3 is 0 Å². The first kappa shape index (κ1) is 17.8. The number of rotatable bonds is 3. The van der Waals surface area contributed by atoms with E-state index < -0.39 is 0 Å². The molecule has 122 valence electrons. The Bertz CT molecular complexity index is 668. The van der Waals surface area contributed by atoms with Gasteiger partial charge in [-0.2, -0.15) is 0 Å². The van der Waals surface area contributed by atoms with Crippen molar-refractivity contribution in [1.29, 1.82) is 0 Å². The summed E-state index contributed by atoms with van der Waals surface area (Å²) in [7, 11) is 0. The Balaban J connectivity index is 2.17. The third kappa shape index (κ3) is 4.97. The smallest absolute Gasteiger partial charge is 0.193 e. The second-order valence-corrected chi connectivity index (χ2v) is 9.80. The minimum atomic E-state index is 0.0813. The average molecular weight is 327 g/mol. The quantitative estimate of drug-likeness (QED) is 0.500. The fraction of sp³-hybridized carbons (Fsp3) is 0.381. The lowest BCUT2D eigenvalue weighted by atomic mass is 9.86. The second kappa shape index (κ2) is 6.52. The van der Waals surface area contributed by atoms with Gasteiger partial charge in [-0.15, -0.1) is 11.8 Å². The summed E-state index contributed by atoms with van der Waals surface area (Å²) in [5, 5.41) is 0. The predicted octanol–water partition coefficient (Wildman–Crippen LogP) is 6.11. The van der Waals surface area contributed by atoms with Gasteiger partial charge in [-0.25, -0.2) is 0 Å². The van der Waals surface area contributed by atoms with Crippen LogP contribution in [-0.2, 0) is 5.41 Å². The maximum absolute atomic E-state index is 12.6. The topological polar surface area (TPSA) is 17.1 Å². The summed E-state index contributed by atoms with van der Waals surface area (Å²) in [4.78, 5) is 13.8. The molecule has 0 saturated carbocycles. The van der Waals surface area contributed by atoms with E-state index in [0.717, 1.165) is 11.1 Å². The number of benzene rings is 2. The molecular weight excluding hydrogens is 300 g/mol. The maximum Gasteiger partial charge on any atom is 0.193 e. The van der Waals surface area contributed by atoms with Gasteiger partial charge < -0.3 is 0 Å². The average Bonchev–Trinajstić information content (AvgIpc) is 2.45. The van der Waals surface area contributed by atoms with Crippen molar-refractivity contribution in [2.24, 2.45) is 0 Å². The van der Waals surface area contributed by atoms with Crippen LogP contribution in [0.25, 0.3) is 0 Å². The third-order valence-electron chi connectivity index (χ3n) is 3.55. The lowest BCUT2D eigenvalue weighted by Crippen LogP contribution is -2.11. The van der Waals surface area contributed by atoms with Gasteiger partial charge in [-0.1, -0.05) is 65.8 Å². The van der Waals surface area contributed by atoms with Crippen LogP contribution in [0.3, 0.4) is 0 Å². The highest BCUT2D eigenvalue weighted by molar-refractivity contribution is 8.00. The molecule has 1 nitrogen and oxygen atoms in total. The molecule has 0 saturated heterocycles. The van der Waals surface area contributed by atoms with Gasteiger partial charge in [0.05, 0.1) is 0 Å². The number of ketones is 1. The maximum atomic E-state index is 12.6. The molecular formula is C21H26OS. The van der Waals surface area contributed by atoms with Crippen LogP contribution in [0, 0.1) is 0 Å². The molecule has 0 spiro atoms. The van der Waals surface area contributed by atoms with Crippen molar-refractivity contribution in [2.75, 3.05) is 0 Å². The van der Waals surface area contributed by atoms with Gasteiger partial charge in [0, 0.05) is 20.8 Å². The first-order chi connectivity index (χ1) is 10.6. The SMILES string of the molecule is CC(C)(C)Sc1ccc(C(=O)c2ccc(C(C)(C)C)cc2)cc1. The van der Waals surface area contributed by atoms with Gasteiger partial charge in [0.2, 0.25) is 0 Å². The molecule has 0 fully saturated rings. The highest BCUT2D eigenvalue weighted by Gasteiger charge is 2.16. The van der Waals surface area contributed by atoms with Crippen LogP contribution in [0.1, 0.15) is 63.0 Å². The zero-order chi connectivity index (χ0) is 17.3. The summed E-state index contributed by atoms with van der Waals surface area (Å²) in [6.07, 6.45) is 0. The molecule has 0 unspecified atom stereocenters. The second-order valence-electron chi connectivity index (χ2n) is 7.90. The molecule has 2 rings (SSSR count). The Hall–Kier alpha value is -1.54. The molecule has 2 aromatic carbocycles. The fourth-order valence-electron chi connectivity index (χ4n) is 2.32. The Labute approximate surface area is 144 Å². The Morgan fingerprint density at radius 2 is 1.17 bits per heavy atom. The van der Waals surface area contributed by atoms with E-state index in [2.05, 4.69) is 53.7 Å². The molecule has 0 amide bonds. The summed E-state index contributed by atoms with van der Waals surface area (Å²) < 4.78 is 0.175.